The number of rotatable bonds is 3. The van der Waals surface area contributed by atoms with Crippen molar-refractivity contribution in [2.24, 2.45) is 11.7 Å². The summed E-state index contributed by atoms with van der Waals surface area (Å²) in [5.41, 5.74) is 5.00. The summed E-state index contributed by atoms with van der Waals surface area (Å²) in [4.78, 5) is 33.7. The molecule has 72 valence electrons. The van der Waals surface area contributed by atoms with Crippen molar-refractivity contribution in [3.05, 3.63) is 0 Å². The van der Waals surface area contributed by atoms with Gasteiger partial charge in [0.15, 0.2) is 0 Å². The summed E-state index contributed by atoms with van der Waals surface area (Å²) in [6.45, 7) is 1.63. The van der Waals surface area contributed by atoms with Gasteiger partial charge in [0, 0.05) is 6.54 Å². The molecule has 1 unspecified atom stereocenters. The molecule has 0 bridgehead atoms. The van der Waals surface area contributed by atoms with Gasteiger partial charge in [-0.3, -0.25) is 14.5 Å². The number of amides is 4. The van der Waals surface area contributed by atoms with Crippen molar-refractivity contribution >= 4 is 17.8 Å². The normalized spacial score (nSPS) is 18.7. The predicted octanol–water partition coefficient (Wildman–Crippen LogP) is -1.34. The Balaban J connectivity index is 2.57. The van der Waals surface area contributed by atoms with E-state index in [4.69, 9.17) is 5.73 Å². The zero-order chi connectivity index (χ0) is 10.0. The van der Waals surface area contributed by atoms with Crippen LogP contribution in [0.25, 0.3) is 0 Å². The Morgan fingerprint density at radius 1 is 1.69 bits per heavy atom. The number of nitrogens with zero attached hydrogens (tertiary/aromatic N) is 1. The molecular formula is C7H11N3O3. The maximum Gasteiger partial charge on any atom is 0.324 e. The maximum absolute atomic E-state index is 11.0. The molecule has 1 fully saturated rings. The Labute approximate surface area is 75.1 Å². The van der Waals surface area contributed by atoms with Gasteiger partial charge in [0.1, 0.15) is 0 Å². The molecule has 6 heteroatoms. The highest BCUT2D eigenvalue weighted by atomic mass is 16.2. The van der Waals surface area contributed by atoms with Gasteiger partial charge in [-0.15, -0.1) is 0 Å². The summed E-state index contributed by atoms with van der Waals surface area (Å²) < 4.78 is 0. The molecular weight excluding hydrogens is 174 g/mol. The van der Waals surface area contributed by atoms with Crippen LogP contribution in [0.4, 0.5) is 4.79 Å². The summed E-state index contributed by atoms with van der Waals surface area (Å²) in [6.07, 6.45) is 0. The maximum atomic E-state index is 11.0. The lowest BCUT2D eigenvalue weighted by Gasteiger charge is -2.15. The van der Waals surface area contributed by atoms with Gasteiger partial charge in [0.2, 0.25) is 11.8 Å². The van der Waals surface area contributed by atoms with Crippen LogP contribution in [0, 0.1) is 5.92 Å². The van der Waals surface area contributed by atoms with Crippen LogP contribution in [0.2, 0.25) is 0 Å². The SMILES string of the molecule is CC(CN1C(=O)CNC1=O)C(N)=O. The molecule has 13 heavy (non-hydrogen) atoms. The molecule has 0 aromatic rings. The average molecular weight is 185 g/mol. The van der Waals surface area contributed by atoms with Crippen LogP contribution in [0.3, 0.4) is 0 Å². The van der Waals surface area contributed by atoms with Crippen molar-refractivity contribution in [3.63, 3.8) is 0 Å². The van der Waals surface area contributed by atoms with Crippen molar-refractivity contribution in [3.8, 4) is 0 Å². The second-order valence-corrected chi connectivity index (χ2v) is 2.97. The number of hydrogen-bond donors (Lipinski definition) is 2. The topological polar surface area (TPSA) is 92.5 Å². The lowest BCUT2D eigenvalue weighted by atomic mass is 10.1. The van der Waals surface area contributed by atoms with E-state index in [1.807, 2.05) is 0 Å². The standard InChI is InChI=1S/C7H11N3O3/c1-4(6(8)12)3-10-5(11)2-9-7(10)13/h4H,2-3H2,1H3,(H2,8,12)(H,9,13). The van der Waals surface area contributed by atoms with E-state index in [0.29, 0.717) is 0 Å². The van der Waals surface area contributed by atoms with Gasteiger partial charge >= 0.3 is 6.03 Å². The quantitative estimate of drug-likeness (QED) is 0.533. The van der Waals surface area contributed by atoms with Crippen molar-refractivity contribution in [2.75, 3.05) is 13.1 Å². The number of primary amides is 1. The molecule has 1 atom stereocenters. The first-order valence-corrected chi connectivity index (χ1v) is 3.90. The molecule has 1 aliphatic rings. The van der Waals surface area contributed by atoms with E-state index in [9.17, 15) is 14.4 Å². The fraction of sp³-hybridized carbons (Fsp3) is 0.571. The van der Waals surface area contributed by atoms with Crippen molar-refractivity contribution in [2.45, 2.75) is 6.92 Å². The minimum atomic E-state index is -0.521. The number of carbonyl (C=O) groups is 3. The van der Waals surface area contributed by atoms with Crippen LogP contribution in [-0.4, -0.2) is 35.8 Å². The smallest absolute Gasteiger partial charge is 0.324 e. The fourth-order valence-corrected chi connectivity index (χ4v) is 1.00. The summed E-state index contributed by atoms with van der Waals surface area (Å²) in [7, 11) is 0. The molecule has 0 aromatic heterocycles. The van der Waals surface area contributed by atoms with E-state index in [2.05, 4.69) is 5.32 Å². The largest absolute Gasteiger partial charge is 0.369 e. The van der Waals surface area contributed by atoms with Crippen molar-refractivity contribution in [1.82, 2.24) is 10.2 Å². The predicted molar refractivity (Wildman–Crippen MR) is 43.5 cm³/mol. The van der Waals surface area contributed by atoms with Crippen LogP contribution in [0.15, 0.2) is 0 Å². The highest BCUT2D eigenvalue weighted by molar-refractivity contribution is 6.02. The highest BCUT2D eigenvalue weighted by Crippen LogP contribution is 2.04. The summed E-state index contributed by atoms with van der Waals surface area (Å²) in [6, 6.07) is -0.460. The van der Waals surface area contributed by atoms with Gasteiger partial charge in [0.05, 0.1) is 12.5 Å². The van der Waals surface area contributed by atoms with Gasteiger partial charge in [-0.25, -0.2) is 4.79 Å². The van der Waals surface area contributed by atoms with Gasteiger partial charge in [-0.1, -0.05) is 6.92 Å². The number of nitrogens with two attached hydrogens (primary N) is 1. The molecule has 3 N–H and O–H groups in total. The molecule has 0 aromatic carbocycles. The summed E-state index contributed by atoms with van der Waals surface area (Å²) >= 11 is 0. The molecule has 1 aliphatic heterocycles. The molecule has 0 aliphatic carbocycles. The van der Waals surface area contributed by atoms with Gasteiger partial charge in [0.25, 0.3) is 0 Å². The number of nitrogens with one attached hydrogen (secondary N) is 1. The monoisotopic (exact) mass is 185 g/mol. The highest BCUT2D eigenvalue weighted by Gasteiger charge is 2.30. The minimum absolute atomic E-state index is 0.00428. The van der Waals surface area contributed by atoms with Gasteiger partial charge < -0.3 is 11.1 Å². The molecule has 0 radical (unpaired) electrons. The average Bonchev–Trinajstić information content (AvgIpc) is 2.35. The third kappa shape index (κ3) is 1.95. The molecule has 4 amide bonds. The zero-order valence-corrected chi connectivity index (χ0v) is 7.24. The Kier molecular flexibility index (Phi) is 2.50. The number of imide groups is 1. The van der Waals surface area contributed by atoms with E-state index in [0.717, 1.165) is 4.90 Å². The number of hydrogen-bond acceptors (Lipinski definition) is 3. The number of urea groups is 1. The first-order valence-electron chi connectivity index (χ1n) is 3.90. The molecule has 1 rings (SSSR count). The van der Waals surface area contributed by atoms with E-state index in [1.54, 1.807) is 6.92 Å². The van der Waals surface area contributed by atoms with Gasteiger partial charge in [-0.05, 0) is 0 Å². The molecule has 1 saturated heterocycles. The second-order valence-electron chi connectivity index (χ2n) is 2.97. The third-order valence-corrected chi connectivity index (χ3v) is 1.88. The van der Waals surface area contributed by atoms with E-state index < -0.39 is 17.9 Å². The molecule has 0 saturated carbocycles. The van der Waals surface area contributed by atoms with Crippen LogP contribution in [0.5, 0.6) is 0 Å². The first kappa shape index (κ1) is 9.50. The molecule has 1 heterocycles. The first-order chi connectivity index (χ1) is 6.02. The lowest BCUT2D eigenvalue weighted by Crippen LogP contribution is -2.38. The van der Waals surface area contributed by atoms with E-state index in [1.165, 1.54) is 0 Å². The summed E-state index contributed by atoms with van der Waals surface area (Å²) in [5.74, 6) is -1.35. The summed E-state index contributed by atoms with van der Waals surface area (Å²) in [5, 5.41) is 2.35. The Morgan fingerprint density at radius 3 is 2.69 bits per heavy atom. The fourth-order valence-electron chi connectivity index (χ4n) is 1.00. The van der Waals surface area contributed by atoms with E-state index in [-0.39, 0.29) is 19.0 Å². The van der Waals surface area contributed by atoms with Crippen molar-refractivity contribution in [1.29, 1.82) is 0 Å². The Morgan fingerprint density at radius 2 is 2.31 bits per heavy atom. The molecule has 0 spiro atoms. The Hall–Kier alpha value is -1.59. The lowest BCUT2D eigenvalue weighted by molar-refractivity contribution is -0.126. The number of carbonyl (C=O) groups excluding carboxylic acids is 3. The van der Waals surface area contributed by atoms with E-state index >= 15 is 0 Å². The van der Waals surface area contributed by atoms with Crippen LogP contribution in [-0.2, 0) is 9.59 Å². The second kappa shape index (κ2) is 3.42. The third-order valence-electron chi connectivity index (χ3n) is 1.88. The Bertz CT molecular complexity index is 248. The van der Waals surface area contributed by atoms with Crippen LogP contribution in [0.1, 0.15) is 6.92 Å². The molecule has 6 nitrogen and oxygen atoms in total. The zero-order valence-electron chi connectivity index (χ0n) is 7.24. The van der Waals surface area contributed by atoms with Crippen molar-refractivity contribution < 1.29 is 14.4 Å². The van der Waals surface area contributed by atoms with Gasteiger partial charge in [-0.2, -0.15) is 0 Å². The van der Waals surface area contributed by atoms with Crippen LogP contribution < -0.4 is 11.1 Å². The van der Waals surface area contributed by atoms with Crippen LogP contribution >= 0.6 is 0 Å². The minimum Gasteiger partial charge on any atom is -0.369 e.